The van der Waals surface area contributed by atoms with E-state index in [1.807, 2.05) is 14.1 Å². The Hall–Kier alpha value is -0.950. The summed E-state index contributed by atoms with van der Waals surface area (Å²) in [6.07, 6.45) is 5.66. The molecule has 1 rings (SSSR count). The molecule has 0 radical (unpaired) electrons. The van der Waals surface area contributed by atoms with Crippen molar-refractivity contribution < 1.29 is 14.6 Å². The molecule has 0 atom stereocenters. The fourth-order valence-corrected chi connectivity index (χ4v) is 1.86. The topological polar surface area (TPSA) is 75.8 Å². The van der Waals surface area contributed by atoms with Gasteiger partial charge in [0.15, 0.2) is 5.78 Å². The molecule has 0 aliphatic heterocycles. The molecule has 0 aromatic heterocycles. The molecule has 0 saturated heterocycles. The van der Waals surface area contributed by atoms with E-state index in [0.29, 0.717) is 5.17 Å². The number of carbonyl (C=O) groups is 1. The Morgan fingerprint density at radius 2 is 1.79 bits per heavy atom. The predicted molar refractivity (Wildman–Crippen MR) is 83.2 cm³/mol. The highest BCUT2D eigenvalue weighted by molar-refractivity contribution is 7.80. The standard InChI is InChI=1S/C11H19NO2S.CH3NOS/c1-12(2)11(15)14-8-10(13)9-6-4-3-5-7-9;2-1(3)4/h9H,3-8H2,1-2H3;(H3,2,3,4). The Balaban J connectivity index is 0.000000711. The van der Waals surface area contributed by atoms with Gasteiger partial charge >= 0.3 is 0 Å². The van der Waals surface area contributed by atoms with Crippen molar-refractivity contribution in [1.29, 1.82) is 0 Å². The molecule has 0 spiro atoms. The Bertz CT molecular complexity index is 312. The molecule has 0 amide bonds. The maximum absolute atomic E-state index is 11.7. The zero-order valence-electron chi connectivity index (χ0n) is 11.4. The van der Waals surface area contributed by atoms with Crippen LogP contribution in [0.2, 0.25) is 0 Å². The van der Waals surface area contributed by atoms with Gasteiger partial charge in [0.1, 0.15) is 6.61 Å². The van der Waals surface area contributed by atoms with Crippen LogP contribution in [-0.2, 0) is 9.53 Å². The van der Waals surface area contributed by atoms with E-state index in [9.17, 15) is 4.79 Å². The van der Waals surface area contributed by atoms with Crippen LogP contribution in [0.3, 0.4) is 0 Å². The first-order chi connectivity index (χ1) is 8.84. The lowest BCUT2D eigenvalue weighted by molar-refractivity contribution is -0.126. The smallest absolute Gasteiger partial charge is 0.259 e. The molecule has 0 aromatic carbocycles. The molecule has 0 unspecified atom stereocenters. The van der Waals surface area contributed by atoms with Gasteiger partial charge in [0.2, 0.25) is 0 Å². The number of ether oxygens (including phenoxy) is 1. The normalized spacial score (nSPS) is 14.8. The highest BCUT2D eigenvalue weighted by atomic mass is 32.1. The van der Waals surface area contributed by atoms with E-state index in [4.69, 9.17) is 22.1 Å². The zero-order valence-corrected chi connectivity index (χ0v) is 13.1. The highest BCUT2D eigenvalue weighted by Gasteiger charge is 2.21. The first kappa shape index (κ1) is 18.0. The van der Waals surface area contributed by atoms with Crippen molar-refractivity contribution in [2.75, 3.05) is 20.7 Å². The molecule has 0 bridgehead atoms. The Kier molecular flexibility index (Phi) is 9.42. The molecule has 19 heavy (non-hydrogen) atoms. The minimum atomic E-state index is -0.500. The summed E-state index contributed by atoms with van der Waals surface area (Å²) >= 11 is 8.82. The van der Waals surface area contributed by atoms with Gasteiger partial charge in [0, 0.05) is 20.0 Å². The van der Waals surface area contributed by atoms with E-state index in [-0.39, 0.29) is 18.3 Å². The van der Waals surface area contributed by atoms with Crippen molar-refractivity contribution >= 4 is 40.6 Å². The molecule has 0 heterocycles. The molecule has 110 valence electrons. The van der Waals surface area contributed by atoms with Crippen LogP contribution in [0, 0.1) is 5.92 Å². The summed E-state index contributed by atoms with van der Waals surface area (Å²) < 4.78 is 5.23. The average Bonchev–Trinajstić information content (AvgIpc) is 2.35. The third kappa shape index (κ3) is 9.61. The van der Waals surface area contributed by atoms with Crippen molar-refractivity contribution in [2.24, 2.45) is 11.7 Å². The molecule has 0 aromatic rings. The lowest BCUT2D eigenvalue weighted by Gasteiger charge is -2.21. The minimum Gasteiger partial charge on any atom is -0.487 e. The molecule has 1 fully saturated rings. The highest BCUT2D eigenvalue weighted by Crippen LogP contribution is 2.24. The van der Waals surface area contributed by atoms with Crippen LogP contribution >= 0.6 is 24.4 Å². The van der Waals surface area contributed by atoms with E-state index in [1.54, 1.807) is 4.90 Å². The number of rotatable bonds is 3. The van der Waals surface area contributed by atoms with Gasteiger partial charge in [-0.15, -0.1) is 0 Å². The SMILES string of the molecule is CN(C)C(=S)OCC(=O)C1CCCCC1.NC(O)=S. The van der Waals surface area contributed by atoms with Crippen LogP contribution in [0.25, 0.3) is 0 Å². The fourth-order valence-electron chi connectivity index (χ4n) is 1.80. The quantitative estimate of drug-likeness (QED) is 0.770. The number of hydrogen-bond donors (Lipinski definition) is 2. The summed E-state index contributed by atoms with van der Waals surface area (Å²) in [5.41, 5.74) is 4.40. The predicted octanol–water partition coefficient (Wildman–Crippen LogP) is 1.79. The van der Waals surface area contributed by atoms with Crippen LogP contribution in [0.1, 0.15) is 32.1 Å². The second-order valence-corrected chi connectivity index (χ2v) is 5.36. The maximum atomic E-state index is 11.7. The molecule has 1 saturated carbocycles. The van der Waals surface area contributed by atoms with Crippen molar-refractivity contribution in [2.45, 2.75) is 32.1 Å². The van der Waals surface area contributed by atoms with Gasteiger partial charge in [0.25, 0.3) is 10.3 Å². The number of aliphatic hydroxyl groups is 1. The Morgan fingerprint density at radius 1 is 1.32 bits per heavy atom. The van der Waals surface area contributed by atoms with Crippen LogP contribution < -0.4 is 5.73 Å². The van der Waals surface area contributed by atoms with E-state index in [1.165, 1.54) is 19.3 Å². The second kappa shape index (κ2) is 9.91. The number of aliphatic hydroxyl groups excluding tert-OH is 1. The van der Waals surface area contributed by atoms with Gasteiger partial charge in [0.05, 0.1) is 0 Å². The summed E-state index contributed by atoms with van der Waals surface area (Å²) in [6.45, 7) is 0.141. The van der Waals surface area contributed by atoms with E-state index < -0.39 is 5.17 Å². The molecular formula is C12H22N2O3S2. The largest absolute Gasteiger partial charge is 0.487 e. The summed E-state index contributed by atoms with van der Waals surface area (Å²) in [5.74, 6) is 0.419. The van der Waals surface area contributed by atoms with E-state index >= 15 is 0 Å². The van der Waals surface area contributed by atoms with Crippen molar-refractivity contribution in [1.82, 2.24) is 4.90 Å². The lowest BCUT2D eigenvalue weighted by Crippen LogP contribution is -2.28. The molecule has 7 heteroatoms. The van der Waals surface area contributed by atoms with Gasteiger partial charge in [-0.25, -0.2) is 0 Å². The minimum absolute atomic E-state index is 0.141. The monoisotopic (exact) mass is 306 g/mol. The van der Waals surface area contributed by atoms with Crippen molar-refractivity contribution in [3.05, 3.63) is 0 Å². The Labute approximate surface area is 125 Å². The average molecular weight is 306 g/mol. The van der Waals surface area contributed by atoms with Crippen LogP contribution in [0.5, 0.6) is 0 Å². The fraction of sp³-hybridized carbons (Fsp3) is 0.750. The number of Topliss-reactive ketones (excluding diaryl/α,β-unsaturated/α-hetero) is 1. The number of ketones is 1. The maximum Gasteiger partial charge on any atom is 0.259 e. The Morgan fingerprint density at radius 3 is 2.21 bits per heavy atom. The van der Waals surface area contributed by atoms with Crippen LogP contribution in [0.4, 0.5) is 0 Å². The molecular weight excluding hydrogens is 284 g/mol. The van der Waals surface area contributed by atoms with Crippen LogP contribution in [-0.4, -0.2) is 46.8 Å². The molecule has 1 aliphatic carbocycles. The summed E-state index contributed by atoms with van der Waals surface area (Å²) in [5, 5.41) is 7.45. The van der Waals surface area contributed by atoms with Crippen LogP contribution in [0.15, 0.2) is 0 Å². The van der Waals surface area contributed by atoms with Gasteiger partial charge in [-0.1, -0.05) is 19.3 Å². The summed E-state index contributed by atoms with van der Waals surface area (Å²) in [7, 11) is 3.63. The second-order valence-electron chi connectivity index (χ2n) is 4.59. The van der Waals surface area contributed by atoms with Crippen molar-refractivity contribution in [3.63, 3.8) is 0 Å². The number of nitrogens with two attached hydrogens (primary N) is 1. The first-order valence-electron chi connectivity index (χ1n) is 6.19. The van der Waals surface area contributed by atoms with E-state index in [2.05, 4.69) is 18.0 Å². The number of nitrogens with zero attached hydrogens (tertiary/aromatic N) is 1. The third-order valence-corrected chi connectivity index (χ3v) is 3.25. The number of carbonyl (C=O) groups excluding carboxylic acids is 1. The third-order valence-electron chi connectivity index (χ3n) is 2.76. The lowest BCUT2D eigenvalue weighted by atomic mass is 9.86. The molecule has 3 N–H and O–H groups in total. The van der Waals surface area contributed by atoms with Gasteiger partial charge in [-0.2, -0.15) is 0 Å². The summed E-state index contributed by atoms with van der Waals surface area (Å²) in [4.78, 5) is 13.4. The molecule has 1 aliphatic rings. The van der Waals surface area contributed by atoms with Gasteiger partial charge < -0.3 is 20.5 Å². The van der Waals surface area contributed by atoms with Crippen molar-refractivity contribution in [3.8, 4) is 0 Å². The van der Waals surface area contributed by atoms with Gasteiger partial charge in [-0.05, 0) is 37.3 Å². The van der Waals surface area contributed by atoms with E-state index in [0.717, 1.165) is 12.8 Å². The summed E-state index contributed by atoms with van der Waals surface area (Å²) in [6, 6.07) is 0. The first-order valence-corrected chi connectivity index (χ1v) is 7.01. The zero-order chi connectivity index (χ0) is 14.8. The van der Waals surface area contributed by atoms with Gasteiger partial charge in [-0.3, -0.25) is 4.79 Å². The number of hydrogen-bond acceptors (Lipinski definition) is 4. The molecule has 5 nitrogen and oxygen atoms in total. The number of thiocarbonyl (C=S) groups is 2.